The first-order valence-corrected chi connectivity index (χ1v) is 6.82. The van der Waals surface area contributed by atoms with Crippen LogP contribution in [0, 0.1) is 25.2 Å². The van der Waals surface area contributed by atoms with E-state index in [2.05, 4.69) is 15.4 Å². The van der Waals surface area contributed by atoms with E-state index in [1.165, 1.54) is 0 Å². The number of aryl methyl sites for hydroxylation is 2. The number of rotatable bonds is 4. The minimum atomic E-state index is -0.408. The van der Waals surface area contributed by atoms with Crippen molar-refractivity contribution in [3.8, 4) is 6.07 Å². The Hall–Kier alpha value is -2.94. The minimum Gasteiger partial charge on any atom is -0.347 e. The Morgan fingerprint density at radius 3 is 2.82 bits per heavy atom. The van der Waals surface area contributed by atoms with Gasteiger partial charge < -0.3 is 5.32 Å². The molecule has 6 nitrogen and oxygen atoms in total. The second-order valence-corrected chi connectivity index (χ2v) is 4.92. The number of pyridine rings is 1. The topological polar surface area (TPSA) is 83.6 Å². The zero-order valence-corrected chi connectivity index (χ0v) is 12.8. The van der Waals surface area contributed by atoms with Crippen molar-refractivity contribution in [3.05, 3.63) is 52.6 Å². The molecule has 1 N–H and O–H groups in total. The molecule has 0 aliphatic heterocycles. The Morgan fingerprint density at radius 1 is 1.50 bits per heavy atom. The third-order valence-electron chi connectivity index (χ3n) is 3.39. The monoisotopic (exact) mass is 295 g/mol. The number of aromatic nitrogens is 3. The average Bonchev–Trinajstić information content (AvgIpc) is 2.76. The van der Waals surface area contributed by atoms with Gasteiger partial charge in [-0.05, 0) is 31.6 Å². The third kappa shape index (κ3) is 3.38. The number of amides is 1. The quantitative estimate of drug-likeness (QED) is 0.686. The van der Waals surface area contributed by atoms with E-state index in [1.807, 2.05) is 33.0 Å². The van der Waals surface area contributed by atoms with Crippen LogP contribution in [0.2, 0.25) is 0 Å². The summed E-state index contributed by atoms with van der Waals surface area (Å²) in [6, 6.07) is 5.60. The van der Waals surface area contributed by atoms with Crippen LogP contribution in [0.15, 0.2) is 30.1 Å². The van der Waals surface area contributed by atoms with Crippen molar-refractivity contribution in [2.24, 2.45) is 7.05 Å². The van der Waals surface area contributed by atoms with E-state index in [-0.39, 0.29) is 5.57 Å². The van der Waals surface area contributed by atoms with E-state index < -0.39 is 5.91 Å². The molecule has 2 aromatic rings. The van der Waals surface area contributed by atoms with Gasteiger partial charge in [0.1, 0.15) is 11.6 Å². The second-order valence-electron chi connectivity index (χ2n) is 4.92. The first kappa shape index (κ1) is 15.4. The number of nitrogens with one attached hydrogen (secondary N) is 1. The predicted molar refractivity (Wildman–Crippen MR) is 82.4 cm³/mol. The van der Waals surface area contributed by atoms with Crippen LogP contribution in [0.1, 0.15) is 22.5 Å². The molecule has 0 bridgehead atoms. The molecule has 0 fully saturated rings. The summed E-state index contributed by atoms with van der Waals surface area (Å²) in [5, 5.41) is 16.2. The molecule has 22 heavy (non-hydrogen) atoms. The van der Waals surface area contributed by atoms with Gasteiger partial charge in [-0.3, -0.25) is 14.5 Å². The molecule has 1 amide bonds. The van der Waals surface area contributed by atoms with Crippen molar-refractivity contribution in [1.29, 1.82) is 5.26 Å². The summed E-state index contributed by atoms with van der Waals surface area (Å²) in [5.41, 5.74) is 3.43. The lowest BCUT2D eigenvalue weighted by Crippen LogP contribution is -2.24. The highest BCUT2D eigenvalue weighted by Gasteiger charge is 2.13. The molecule has 0 aromatic carbocycles. The summed E-state index contributed by atoms with van der Waals surface area (Å²) in [5.74, 6) is -0.408. The standard InChI is InChI=1S/C16H17N5O/c1-11-15(12(2)21(3)20-11)7-14(8-17)16(22)19-10-13-5-4-6-18-9-13/h4-7,9H,10H2,1-3H3,(H,19,22)/b14-7+. The van der Waals surface area contributed by atoms with Crippen molar-refractivity contribution in [1.82, 2.24) is 20.1 Å². The van der Waals surface area contributed by atoms with Crippen LogP contribution < -0.4 is 5.32 Å². The molecule has 0 aliphatic rings. The van der Waals surface area contributed by atoms with Crippen LogP contribution in [-0.2, 0) is 18.4 Å². The van der Waals surface area contributed by atoms with E-state index >= 15 is 0 Å². The molecule has 0 unspecified atom stereocenters. The molecular weight excluding hydrogens is 278 g/mol. The summed E-state index contributed by atoms with van der Waals surface area (Å²) in [7, 11) is 1.83. The van der Waals surface area contributed by atoms with Gasteiger partial charge in [0.2, 0.25) is 0 Å². The van der Waals surface area contributed by atoms with Crippen LogP contribution in [0.3, 0.4) is 0 Å². The number of hydrogen-bond donors (Lipinski definition) is 1. The van der Waals surface area contributed by atoms with Gasteiger partial charge >= 0.3 is 0 Å². The SMILES string of the molecule is Cc1nn(C)c(C)c1/C=C(\C#N)C(=O)NCc1cccnc1. The van der Waals surface area contributed by atoms with Crippen molar-refractivity contribution in [2.75, 3.05) is 0 Å². The van der Waals surface area contributed by atoms with Crippen molar-refractivity contribution in [3.63, 3.8) is 0 Å². The molecule has 2 aromatic heterocycles. The lowest BCUT2D eigenvalue weighted by Gasteiger charge is -2.04. The van der Waals surface area contributed by atoms with E-state index in [0.717, 1.165) is 22.5 Å². The van der Waals surface area contributed by atoms with E-state index in [4.69, 9.17) is 0 Å². The molecule has 2 heterocycles. The fourth-order valence-corrected chi connectivity index (χ4v) is 2.07. The maximum atomic E-state index is 12.1. The van der Waals surface area contributed by atoms with Gasteiger partial charge in [-0.15, -0.1) is 0 Å². The Morgan fingerprint density at radius 2 is 2.27 bits per heavy atom. The molecule has 0 atom stereocenters. The van der Waals surface area contributed by atoms with Gasteiger partial charge in [-0.25, -0.2) is 0 Å². The van der Waals surface area contributed by atoms with Crippen LogP contribution in [0.25, 0.3) is 6.08 Å². The Bertz CT molecular complexity index is 753. The molecule has 0 saturated heterocycles. The number of nitrogens with zero attached hydrogens (tertiary/aromatic N) is 4. The maximum absolute atomic E-state index is 12.1. The highest BCUT2D eigenvalue weighted by Crippen LogP contribution is 2.16. The zero-order valence-electron chi connectivity index (χ0n) is 12.8. The fraction of sp³-hybridized carbons (Fsp3) is 0.250. The Labute approximate surface area is 129 Å². The molecule has 0 radical (unpaired) electrons. The van der Waals surface area contributed by atoms with Gasteiger partial charge in [-0.1, -0.05) is 6.07 Å². The molecule has 112 valence electrons. The largest absolute Gasteiger partial charge is 0.347 e. The number of nitriles is 1. The number of carbonyl (C=O) groups excluding carboxylic acids is 1. The van der Waals surface area contributed by atoms with Crippen molar-refractivity contribution >= 4 is 12.0 Å². The van der Waals surface area contributed by atoms with Gasteiger partial charge in [0.15, 0.2) is 0 Å². The lowest BCUT2D eigenvalue weighted by molar-refractivity contribution is -0.117. The third-order valence-corrected chi connectivity index (χ3v) is 3.39. The summed E-state index contributed by atoms with van der Waals surface area (Å²) < 4.78 is 1.73. The highest BCUT2D eigenvalue weighted by atomic mass is 16.1. The van der Waals surface area contributed by atoms with Gasteiger partial charge in [0.25, 0.3) is 5.91 Å². The fourth-order valence-electron chi connectivity index (χ4n) is 2.07. The van der Waals surface area contributed by atoms with Gasteiger partial charge in [-0.2, -0.15) is 10.4 Å². The first-order valence-electron chi connectivity index (χ1n) is 6.82. The summed E-state index contributed by atoms with van der Waals surface area (Å²) in [6.45, 7) is 4.08. The smallest absolute Gasteiger partial charge is 0.262 e. The van der Waals surface area contributed by atoms with Gasteiger partial charge in [0, 0.05) is 37.2 Å². The minimum absolute atomic E-state index is 0.0584. The molecule has 2 rings (SSSR count). The normalized spacial score (nSPS) is 11.1. The predicted octanol–water partition coefficient (Wildman–Crippen LogP) is 1.66. The Balaban J connectivity index is 2.16. The van der Waals surface area contributed by atoms with E-state index in [0.29, 0.717) is 6.54 Å². The van der Waals surface area contributed by atoms with Crippen molar-refractivity contribution < 1.29 is 4.79 Å². The summed E-state index contributed by atoms with van der Waals surface area (Å²) in [4.78, 5) is 16.1. The van der Waals surface area contributed by atoms with Crippen molar-refractivity contribution in [2.45, 2.75) is 20.4 Å². The van der Waals surface area contributed by atoms with Crippen LogP contribution in [0.4, 0.5) is 0 Å². The Kier molecular flexibility index (Phi) is 4.69. The highest BCUT2D eigenvalue weighted by molar-refractivity contribution is 6.01. The summed E-state index contributed by atoms with van der Waals surface area (Å²) in [6.07, 6.45) is 4.92. The molecular formula is C16H17N5O. The zero-order chi connectivity index (χ0) is 16.1. The number of carbonyl (C=O) groups is 1. The second kappa shape index (κ2) is 6.68. The molecule has 0 aliphatic carbocycles. The van der Waals surface area contributed by atoms with E-state index in [9.17, 15) is 10.1 Å². The van der Waals surface area contributed by atoms with E-state index in [1.54, 1.807) is 29.2 Å². The maximum Gasteiger partial charge on any atom is 0.262 e. The summed E-state index contributed by atoms with van der Waals surface area (Å²) >= 11 is 0. The van der Waals surface area contributed by atoms with Crippen LogP contribution in [-0.4, -0.2) is 20.7 Å². The lowest BCUT2D eigenvalue weighted by atomic mass is 10.1. The molecule has 6 heteroatoms. The average molecular weight is 295 g/mol. The molecule has 0 spiro atoms. The first-order chi connectivity index (χ1) is 10.5. The van der Waals surface area contributed by atoms with Crippen LogP contribution >= 0.6 is 0 Å². The van der Waals surface area contributed by atoms with Crippen LogP contribution in [0.5, 0.6) is 0 Å². The molecule has 0 saturated carbocycles. The number of hydrogen-bond acceptors (Lipinski definition) is 4. The van der Waals surface area contributed by atoms with Gasteiger partial charge in [0.05, 0.1) is 5.69 Å².